The molecule has 0 unspecified atom stereocenters. The van der Waals surface area contributed by atoms with Crippen LogP contribution in [-0.4, -0.2) is 16.2 Å². The lowest BCUT2D eigenvalue weighted by molar-refractivity contribution is 0.439. The molecule has 0 fully saturated rings. The fraction of sp³-hybridized carbons (Fsp3) is 0.333. The fourth-order valence-corrected chi connectivity index (χ4v) is 1.92. The van der Waals surface area contributed by atoms with E-state index in [0.29, 0.717) is 5.89 Å². The van der Waals surface area contributed by atoms with Crippen LogP contribution in [-0.2, 0) is 0 Å². The molecule has 6 heteroatoms. The van der Waals surface area contributed by atoms with Crippen molar-refractivity contribution in [3.63, 3.8) is 0 Å². The fourth-order valence-electron chi connectivity index (χ4n) is 1.92. The smallest absolute Gasteiger partial charge is 0.252 e. The van der Waals surface area contributed by atoms with Gasteiger partial charge in [-0.3, -0.25) is 4.98 Å². The van der Waals surface area contributed by atoms with Crippen molar-refractivity contribution >= 4 is 12.1 Å². The third-order valence-corrected chi connectivity index (χ3v) is 3.15. The van der Waals surface area contributed by atoms with Crippen molar-refractivity contribution in [3.05, 3.63) is 41.7 Å². The number of rotatable bonds is 6. The summed E-state index contributed by atoms with van der Waals surface area (Å²) in [5.41, 5.74) is 3.80. The third kappa shape index (κ3) is 3.66. The number of aromatic nitrogens is 2. The largest absolute Gasteiger partial charge is 0.422 e. The molecular weight excluding hydrogens is 266 g/mol. The van der Waals surface area contributed by atoms with Gasteiger partial charge < -0.3 is 4.42 Å². The highest BCUT2D eigenvalue weighted by Gasteiger charge is 2.18. The summed E-state index contributed by atoms with van der Waals surface area (Å²) >= 11 is 0. The van der Waals surface area contributed by atoms with Gasteiger partial charge in [-0.25, -0.2) is 10.4 Å². The summed E-state index contributed by atoms with van der Waals surface area (Å²) in [6.07, 6.45) is 6.82. The maximum absolute atomic E-state index is 9.10. The van der Waals surface area contributed by atoms with E-state index in [2.05, 4.69) is 34.3 Å². The Morgan fingerprint density at radius 1 is 1.48 bits per heavy atom. The van der Waals surface area contributed by atoms with Gasteiger partial charge in [0.05, 0.1) is 6.21 Å². The number of oxazole rings is 1. The van der Waals surface area contributed by atoms with Crippen LogP contribution in [0.3, 0.4) is 0 Å². The Morgan fingerprint density at radius 2 is 2.29 bits per heavy atom. The average Bonchev–Trinajstić information content (AvgIpc) is 2.93. The first-order valence-electron chi connectivity index (χ1n) is 6.88. The maximum Gasteiger partial charge on any atom is 0.252 e. The Morgan fingerprint density at radius 3 is 2.90 bits per heavy atom. The minimum atomic E-state index is 0.218. The molecule has 1 N–H and O–H groups in total. The summed E-state index contributed by atoms with van der Waals surface area (Å²) in [7, 11) is 0. The van der Waals surface area contributed by atoms with Crippen LogP contribution < -0.4 is 5.43 Å². The van der Waals surface area contributed by atoms with Crippen molar-refractivity contribution in [2.75, 3.05) is 5.43 Å². The zero-order valence-electron chi connectivity index (χ0n) is 12.1. The first kappa shape index (κ1) is 14.7. The van der Waals surface area contributed by atoms with E-state index in [1.165, 1.54) is 0 Å². The van der Waals surface area contributed by atoms with E-state index in [0.717, 1.165) is 18.4 Å². The van der Waals surface area contributed by atoms with Gasteiger partial charge in [0.2, 0.25) is 11.6 Å². The third-order valence-electron chi connectivity index (χ3n) is 3.15. The van der Waals surface area contributed by atoms with E-state index in [-0.39, 0.29) is 17.5 Å². The normalized spacial score (nSPS) is 11.0. The first-order chi connectivity index (χ1) is 10.3. The monoisotopic (exact) mass is 283 g/mol. The topological polar surface area (TPSA) is 87.1 Å². The lowest BCUT2D eigenvalue weighted by atomic mass is 10.0. The Labute approximate surface area is 123 Å². The summed E-state index contributed by atoms with van der Waals surface area (Å²) in [4.78, 5) is 8.21. The number of nitrogens with zero attached hydrogens (tertiary/aromatic N) is 4. The molecule has 21 heavy (non-hydrogen) atoms. The molecule has 2 aromatic heterocycles. The van der Waals surface area contributed by atoms with Crippen molar-refractivity contribution in [2.45, 2.75) is 32.6 Å². The minimum Gasteiger partial charge on any atom is -0.422 e. The number of nitriles is 1. The molecule has 0 saturated carbocycles. The molecule has 0 aliphatic rings. The van der Waals surface area contributed by atoms with Gasteiger partial charge in [-0.1, -0.05) is 19.9 Å². The highest BCUT2D eigenvalue weighted by Crippen LogP contribution is 2.26. The van der Waals surface area contributed by atoms with Crippen LogP contribution in [0.1, 0.15) is 49.8 Å². The van der Waals surface area contributed by atoms with E-state index in [1.54, 1.807) is 18.6 Å². The molecule has 0 saturated heterocycles. The number of hydrogen-bond donors (Lipinski definition) is 1. The van der Waals surface area contributed by atoms with E-state index >= 15 is 0 Å². The van der Waals surface area contributed by atoms with Gasteiger partial charge >= 0.3 is 0 Å². The Balaban J connectivity index is 2.13. The molecule has 0 aromatic carbocycles. The molecule has 0 aliphatic heterocycles. The SMILES string of the molecule is CCC(CC)c1nc(C#N)c(NN=Cc2cccnc2)o1. The number of hydrogen-bond acceptors (Lipinski definition) is 6. The van der Waals surface area contributed by atoms with Crippen molar-refractivity contribution in [1.82, 2.24) is 9.97 Å². The van der Waals surface area contributed by atoms with Crippen molar-refractivity contribution in [1.29, 1.82) is 5.26 Å². The molecule has 108 valence electrons. The summed E-state index contributed by atoms with van der Waals surface area (Å²) in [5, 5.41) is 13.1. The van der Waals surface area contributed by atoms with E-state index in [1.807, 2.05) is 18.2 Å². The van der Waals surface area contributed by atoms with Gasteiger partial charge in [0.25, 0.3) is 5.88 Å². The molecule has 0 radical (unpaired) electrons. The van der Waals surface area contributed by atoms with Crippen molar-refractivity contribution in [3.8, 4) is 6.07 Å². The molecule has 0 aliphatic carbocycles. The number of pyridine rings is 1. The Hall–Kier alpha value is -2.68. The Kier molecular flexibility index (Phi) is 5.04. The quantitative estimate of drug-likeness (QED) is 0.649. The summed E-state index contributed by atoms with van der Waals surface area (Å²) < 4.78 is 5.61. The minimum absolute atomic E-state index is 0.218. The van der Waals surface area contributed by atoms with Crippen LogP contribution in [0.4, 0.5) is 5.88 Å². The van der Waals surface area contributed by atoms with Gasteiger partial charge in [-0.15, -0.1) is 0 Å². The summed E-state index contributed by atoms with van der Waals surface area (Å²) in [6, 6.07) is 5.71. The van der Waals surface area contributed by atoms with Gasteiger partial charge in [-0.2, -0.15) is 10.4 Å². The van der Waals surface area contributed by atoms with Crippen LogP contribution >= 0.6 is 0 Å². The molecule has 2 aromatic rings. The predicted octanol–water partition coefficient (Wildman–Crippen LogP) is 3.29. The van der Waals surface area contributed by atoms with E-state index in [9.17, 15) is 0 Å². The van der Waals surface area contributed by atoms with Crippen LogP contribution in [0.5, 0.6) is 0 Å². The molecule has 0 bridgehead atoms. The average molecular weight is 283 g/mol. The molecular formula is C15H17N5O. The molecule has 6 nitrogen and oxygen atoms in total. The van der Waals surface area contributed by atoms with Crippen LogP contribution in [0.2, 0.25) is 0 Å². The number of nitrogens with one attached hydrogen (secondary N) is 1. The first-order valence-corrected chi connectivity index (χ1v) is 6.88. The predicted molar refractivity (Wildman–Crippen MR) is 80.0 cm³/mol. The maximum atomic E-state index is 9.10. The van der Waals surface area contributed by atoms with Crippen LogP contribution in [0, 0.1) is 11.3 Å². The molecule has 2 rings (SSSR count). The van der Waals surface area contributed by atoms with Gasteiger partial charge in [0.15, 0.2) is 0 Å². The number of hydrazone groups is 1. The molecule has 0 atom stereocenters. The van der Waals surface area contributed by atoms with Gasteiger partial charge in [-0.05, 0) is 18.9 Å². The lowest BCUT2D eigenvalue weighted by Crippen LogP contribution is -1.95. The zero-order valence-corrected chi connectivity index (χ0v) is 12.1. The second-order valence-corrected chi connectivity index (χ2v) is 4.51. The van der Waals surface area contributed by atoms with E-state index < -0.39 is 0 Å². The Bertz CT molecular complexity index is 638. The highest BCUT2D eigenvalue weighted by atomic mass is 16.4. The van der Waals surface area contributed by atoms with Crippen LogP contribution in [0.25, 0.3) is 0 Å². The summed E-state index contributed by atoms with van der Waals surface area (Å²) in [6.45, 7) is 4.14. The molecule has 0 spiro atoms. The zero-order chi connectivity index (χ0) is 15.1. The van der Waals surface area contributed by atoms with Gasteiger partial charge in [0.1, 0.15) is 6.07 Å². The van der Waals surface area contributed by atoms with E-state index in [4.69, 9.17) is 9.68 Å². The second-order valence-electron chi connectivity index (χ2n) is 4.51. The van der Waals surface area contributed by atoms with Crippen molar-refractivity contribution < 1.29 is 4.42 Å². The summed E-state index contributed by atoms with van der Waals surface area (Å²) in [5.74, 6) is 1.07. The highest BCUT2D eigenvalue weighted by molar-refractivity contribution is 5.79. The lowest BCUT2D eigenvalue weighted by Gasteiger charge is -2.05. The van der Waals surface area contributed by atoms with Gasteiger partial charge in [0, 0.05) is 23.9 Å². The molecule has 2 heterocycles. The van der Waals surface area contributed by atoms with Crippen molar-refractivity contribution in [2.24, 2.45) is 5.10 Å². The number of anilines is 1. The standard InChI is InChI=1S/C15H17N5O/c1-3-12(4-2)14-19-13(8-16)15(21-14)20-18-10-11-6-5-7-17-9-11/h5-7,9-10,12,20H,3-4H2,1-2H3. The second kappa shape index (κ2) is 7.20. The molecule has 0 amide bonds. The van der Waals surface area contributed by atoms with Crippen LogP contribution in [0.15, 0.2) is 34.0 Å².